The van der Waals surface area contributed by atoms with Crippen molar-refractivity contribution in [1.29, 1.82) is 0 Å². The molecule has 0 unspecified atom stereocenters. The highest BCUT2D eigenvalue weighted by Crippen LogP contribution is 2.50. The quantitative estimate of drug-likeness (QED) is 0.575. The van der Waals surface area contributed by atoms with E-state index in [-0.39, 0.29) is 6.61 Å². The molecule has 128 valence electrons. The first-order chi connectivity index (χ1) is 11.2. The molecular formula is C17H19NO6. The summed E-state index contributed by atoms with van der Waals surface area (Å²) < 4.78 is 15.5. The van der Waals surface area contributed by atoms with Gasteiger partial charge in [-0.15, -0.1) is 0 Å². The average molecular weight is 333 g/mol. The van der Waals surface area contributed by atoms with Crippen molar-refractivity contribution in [2.24, 2.45) is 0 Å². The summed E-state index contributed by atoms with van der Waals surface area (Å²) in [5.74, 6) is -1.26. The largest absolute Gasteiger partial charge is 0.468 e. The second kappa shape index (κ2) is 5.22. The number of carbonyl (C=O) groups is 3. The van der Waals surface area contributed by atoms with Crippen LogP contribution in [0.2, 0.25) is 0 Å². The Morgan fingerprint density at radius 1 is 1.29 bits per heavy atom. The van der Waals surface area contributed by atoms with Crippen LogP contribution in [-0.2, 0) is 29.2 Å². The maximum absolute atomic E-state index is 12.7. The van der Waals surface area contributed by atoms with Crippen molar-refractivity contribution in [3.63, 3.8) is 0 Å². The van der Waals surface area contributed by atoms with Crippen LogP contribution in [0.4, 0.5) is 10.5 Å². The van der Waals surface area contributed by atoms with Gasteiger partial charge in [-0.05, 0) is 32.4 Å². The number of anilines is 1. The van der Waals surface area contributed by atoms with Crippen LogP contribution in [0.25, 0.3) is 0 Å². The van der Waals surface area contributed by atoms with Gasteiger partial charge in [-0.3, -0.25) is 9.69 Å². The normalized spacial score (nSPS) is 24.9. The summed E-state index contributed by atoms with van der Waals surface area (Å²) in [6.07, 6.45) is -0.704. The van der Waals surface area contributed by atoms with E-state index in [4.69, 9.17) is 14.2 Å². The van der Waals surface area contributed by atoms with Crippen LogP contribution >= 0.6 is 0 Å². The number of methoxy groups -OCH3 is 1. The van der Waals surface area contributed by atoms with E-state index in [1.165, 1.54) is 12.0 Å². The molecule has 1 saturated heterocycles. The van der Waals surface area contributed by atoms with E-state index in [1.54, 1.807) is 45.0 Å². The Morgan fingerprint density at radius 2 is 1.96 bits per heavy atom. The van der Waals surface area contributed by atoms with Crippen LogP contribution < -0.4 is 4.90 Å². The van der Waals surface area contributed by atoms with Crippen molar-refractivity contribution in [2.75, 3.05) is 18.6 Å². The number of benzene rings is 1. The third kappa shape index (κ3) is 2.15. The zero-order chi connectivity index (χ0) is 17.7. The molecule has 0 aromatic heterocycles. The van der Waals surface area contributed by atoms with E-state index in [1.807, 2.05) is 0 Å². The van der Waals surface area contributed by atoms with Crippen molar-refractivity contribution in [2.45, 2.75) is 37.8 Å². The van der Waals surface area contributed by atoms with Gasteiger partial charge in [0.2, 0.25) is 0 Å². The Hall–Kier alpha value is -2.57. The van der Waals surface area contributed by atoms with Gasteiger partial charge in [-0.25, -0.2) is 9.59 Å². The van der Waals surface area contributed by atoms with E-state index in [2.05, 4.69) is 0 Å². The van der Waals surface area contributed by atoms with Gasteiger partial charge in [-0.1, -0.05) is 18.2 Å². The minimum absolute atomic E-state index is 0.167. The van der Waals surface area contributed by atoms with Gasteiger partial charge in [0.05, 0.1) is 12.8 Å². The van der Waals surface area contributed by atoms with Crippen molar-refractivity contribution in [3.05, 3.63) is 29.8 Å². The number of rotatable bonds is 1. The Kier molecular flexibility index (Phi) is 3.55. The average Bonchev–Trinajstić information content (AvgIpc) is 2.99. The minimum atomic E-state index is -1.36. The Balaban J connectivity index is 2.16. The van der Waals surface area contributed by atoms with Crippen LogP contribution in [0.5, 0.6) is 0 Å². The highest BCUT2D eigenvalue weighted by Gasteiger charge is 2.67. The highest BCUT2D eigenvalue weighted by atomic mass is 16.6. The van der Waals surface area contributed by atoms with E-state index in [9.17, 15) is 14.4 Å². The van der Waals surface area contributed by atoms with Gasteiger partial charge in [0, 0.05) is 0 Å². The summed E-state index contributed by atoms with van der Waals surface area (Å²) in [5.41, 5.74) is -1.12. The number of amides is 1. The van der Waals surface area contributed by atoms with Crippen LogP contribution in [-0.4, -0.2) is 43.4 Å². The Labute approximate surface area is 139 Å². The molecule has 2 atom stereocenters. The predicted molar refractivity (Wildman–Crippen MR) is 83.6 cm³/mol. The van der Waals surface area contributed by atoms with Gasteiger partial charge in [0.25, 0.3) is 0 Å². The van der Waals surface area contributed by atoms with Crippen LogP contribution in [0.1, 0.15) is 26.3 Å². The number of para-hydroxylation sites is 1. The van der Waals surface area contributed by atoms with Crippen molar-refractivity contribution < 1.29 is 28.6 Å². The highest BCUT2D eigenvalue weighted by molar-refractivity contribution is 6.09. The maximum atomic E-state index is 12.7. The number of nitrogens with zero attached hydrogens (tertiary/aromatic N) is 1. The number of hydrogen-bond acceptors (Lipinski definition) is 6. The smallest absolute Gasteiger partial charge is 0.415 e. The van der Waals surface area contributed by atoms with E-state index in [0.717, 1.165) is 0 Å². The van der Waals surface area contributed by atoms with Crippen LogP contribution in [0, 0.1) is 0 Å². The molecular weight excluding hydrogens is 314 g/mol. The SMILES string of the molecule is COC(=O)[C@]12COC(=O)[C@H]1N(C(=O)OC(C)(C)C)c1ccccc12. The standard InChI is InChI=1S/C17H19NO6/c1-16(2,3)24-15(21)18-11-8-6-5-7-10(11)17(14(20)22-4)9-23-13(19)12(17)18/h5-8,12H,9H2,1-4H3/t12-,17+/m1/s1. The third-order valence-corrected chi connectivity index (χ3v) is 4.17. The van der Waals surface area contributed by atoms with Gasteiger partial charge in [0.1, 0.15) is 12.2 Å². The molecule has 24 heavy (non-hydrogen) atoms. The number of fused-ring (bicyclic) bond motifs is 3. The molecule has 2 heterocycles. The first-order valence-corrected chi connectivity index (χ1v) is 7.59. The second-order valence-electron chi connectivity index (χ2n) is 6.84. The molecule has 0 aliphatic carbocycles. The zero-order valence-electron chi connectivity index (χ0n) is 14.0. The molecule has 1 amide bonds. The van der Waals surface area contributed by atoms with E-state index >= 15 is 0 Å². The predicted octanol–water partition coefficient (Wildman–Crippen LogP) is 1.78. The molecule has 1 aromatic rings. The summed E-state index contributed by atoms with van der Waals surface area (Å²) in [6, 6.07) is 5.72. The fraction of sp³-hybridized carbons (Fsp3) is 0.471. The second-order valence-corrected chi connectivity index (χ2v) is 6.84. The third-order valence-electron chi connectivity index (χ3n) is 4.17. The van der Waals surface area contributed by atoms with Gasteiger partial charge >= 0.3 is 18.0 Å². The summed E-state index contributed by atoms with van der Waals surface area (Å²) in [5, 5.41) is 0. The topological polar surface area (TPSA) is 82.1 Å². The van der Waals surface area contributed by atoms with Crippen LogP contribution in [0.15, 0.2) is 24.3 Å². The fourth-order valence-corrected chi connectivity index (χ4v) is 3.27. The lowest BCUT2D eigenvalue weighted by Gasteiger charge is -2.28. The number of carbonyl (C=O) groups excluding carboxylic acids is 3. The molecule has 7 heteroatoms. The number of ether oxygens (including phenoxy) is 3. The molecule has 2 aliphatic heterocycles. The lowest BCUT2D eigenvalue weighted by Crippen LogP contribution is -2.53. The summed E-state index contributed by atoms with van der Waals surface area (Å²) in [6.45, 7) is 5.02. The monoisotopic (exact) mass is 333 g/mol. The number of esters is 2. The number of cyclic esters (lactones) is 1. The van der Waals surface area contributed by atoms with E-state index in [0.29, 0.717) is 11.3 Å². The first-order valence-electron chi connectivity index (χ1n) is 7.59. The molecule has 7 nitrogen and oxygen atoms in total. The van der Waals surface area contributed by atoms with Crippen molar-refractivity contribution in [1.82, 2.24) is 0 Å². The number of hydrogen-bond donors (Lipinski definition) is 0. The summed E-state index contributed by atoms with van der Waals surface area (Å²) >= 11 is 0. The zero-order valence-corrected chi connectivity index (χ0v) is 14.0. The summed E-state index contributed by atoms with van der Waals surface area (Å²) in [7, 11) is 1.25. The minimum Gasteiger partial charge on any atom is -0.468 e. The lowest BCUT2D eigenvalue weighted by molar-refractivity contribution is -0.147. The Morgan fingerprint density at radius 3 is 2.58 bits per heavy atom. The first kappa shape index (κ1) is 16.3. The molecule has 1 fully saturated rings. The summed E-state index contributed by atoms with van der Waals surface area (Å²) in [4.78, 5) is 38.8. The van der Waals surface area contributed by atoms with Gasteiger partial charge in [0.15, 0.2) is 11.5 Å². The molecule has 0 bridgehead atoms. The molecule has 2 aliphatic rings. The lowest BCUT2D eigenvalue weighted by atomic mass is 9.79. The molecule has 0 spiro atoms. The maximum Gasteiger partial charge on any atom is 0.415 e. The van der Waals surface area contributed by atoms with Gasteiger partial charge < -0.3 is 14.2 Å². The molecule has 0 N–H and O–H groups in total. The molecule has 0 saturated carbocycles. The molecule has 3 rings (SSSR count). The van der Waals surface area contributed by atoms with E-state index < -0.39 is 35.1 Å². The Bertz CT molecular complexity index is 722. The molecule has 0 radical (unpaired) electrons. The van der Waals surface area contributed by atoms with Crippen molar-refractivity contribution in [3.8, 4) is 0 Å². The van der Waals surface area contributed by atoms with Gasteiger partial charge in [-0.2, -0.15) is 0 Å². The van der Waals surface area contributed by atoms with Crippen molar-refractivity contribution >= 4 is 23.7 Å². The molecule has 1 aromatic carbocycles. The van der Waals surface area contributed by atoms with Crippen LogP contribution in [0.3, 0.4) is 0 Å². The fourth-order valence-electron chi connectivity index (χ4n) is 3.27.